The Morgan fingerprint density at radius 1 is 1.24 bits per heavy atom. The number of piperidine rings is 1. The number of carbonyl (C=O) groups is 1. The molecule has 1 aromatic rings. The summed E-state index contributed by atoms with van der Waals surface area (Å²) in [5, 5.41) is 0. The lowest BCUT2D eigenvalue weighted by Crippen LogP contribution is -2.42. The third-order valence-electron chi connectivity index (χ3n) is 5.02. The minimum Gasteiger partial charge on any atom is -0.495 e. The molecule has 1 aromatic carbocycles. The molecule has 140 valence electrons. The zero-order valence-corrected chi connectivity index (χ0v) is 17.4. The number of hydrogen-bond acceptors (Lipinski definition) is 4. The van der Waals surface area contributed by atoms with Gasteiger partial charge in [0.1, 0.15) is 16.0 Å². The molecule has 1 aliphatic heterocycles. The topological polar surface area (TPSA) is 42.0 Å². The van der Waals surface area contributed by atoms with Gasteiger partial charge in [0.15, 0.2) is 0 Å². The van der Waals surface area contributed by atoms with Crippen LogP contribution in [0.3, 0.4) is 0 Å². The van der Waals surface area contributed by atoms with Gasteiger partial charge in [-0.1, -0.05) is 0 Å². The molecule has 0 bridgehead atoms. The maximum absolute atomic E-state index is 12.9. The van der Waals surface area contributed by atoms with Crippen LogP contribution in [-0.2, 0) is 0 Å². The molecule has 1 aliphatic rings. The van der Waals surface area contributed by atoms with Gasteiger partial charge in [0.25, 0.3) is 5.91 Å². The second-order valence-electron chi connectivity index (χ2n) is 6.96. The van der Waals surface area contributed by atoms with Crippen LogP contribution in [0.25, 0.3) is 0 Å². The van der Waals surface area contributed by atoms with Crippen molar-refractivity contribution in [1.29, 1.82) is 0 Å². The van der Waals surface area contributed by atoms with Crippen LogP contribution in [0.2, 0.25) is 0 Å². The number of rotatable bonds is 6. The smallest absolute Gasteiger partial charge is 0.254 e. The van der Waals surface area contributed by atoms with Crippen molar-refractivity contribution in [2.75, 3.05) is 40.9 Å². The van der Waals surface area contributed by atoms with E-state index >= 15 is 0 Å². The van der Waals surface area contributed by atoms with E-state index in [1.807, 2.05) is 4.90 Å². The Labute approximate surface area is 159 Å². The van der Waals surface area contributed by atoms with Crippen LogP contribution >= 0.6 is 15.9 Å². The van der Waals surface area contributed by atoms with Gasteiger partial charge in [0, 0.05) is 31.2 Å². The third kappa shape index (κ3) is 4.88. The minimum atomic E-state index is 0.0414. The lowest BCUT2D eigenvalue weighted by Gasteiger charge is -2.35. The zero-order chi connectivity index (χ0) is 18.6. The predicted octanol–water partition coefficient (Wildman–Crippen LogP) is 3.66. The molecule has 0 N–H and O–H groups in total. The first-order chi connectivity index (χ1) is 11.9. The van der Waals surface area contributed by atoms with E-state index in [1.54, 1.807) is 26.4 Å². The van der Waals surface area contributed by atoms with Crippen molar-refractivity contribution in [3.05, 3.63) is 22.2 Å². The number of likely N-dealkylation sites (tertiary alicyclic amines) is 1. The summed E-state index contributed by atoms with van der Waals surface area (Å²) in [5.41, 5.74) is 0.606. The van der Waals surface area contributed by atoms with E-state index in [4.69, 9.17) is 9.47 Å². The van der Waals surface area contributed by atoms with Crippen molar-refractivity contribution in [2.24, 2.45) is 5.92 Å². The van der Waals surface area contributed by atoms with Crippen LogP contribution in [0.4, 0.5) is 0 Å². The van der Waals surface area contributed by atoms with Crippen LogP contribution in [0.15, 0.2) is 16.6 Å². The third-order valence-corrected chi connectivity index (χ3v) is 5.80. The molecule has 1 fully saturated rings. The maximum atomic E-state index is 12.9. The summed E-state index contributed by atoms with van der Waals surface area (Å²) in [4.78, 5) is 17.2. The van der Waals surface area contributed by atoms with Gasteiger partial charge in [-0.25, -0.2) is 0 Å². The summed E-state index contributed by atoms with van der Waals surface area (Å²) in [5.74, 6) is 1.91. The Morgan fingerprint density at radius 3 is 2.20 bits per heavy atom. The molecule has 5 nitrogen and oxygen atoms in total. The van der Waals surface area contributed by atoms with Crippen molar-refractivity contribution in [3.8, 4) is 11.5 Å². The molecule has 0 saturated carbocycles. The van der Waals surface area contributed by atoms with Crippen LogP contribution in [0, 0.1) is 5.92 Å². The summed E-state index contributed by atoms with van der Waals surface area (Å²) in [6.45, 7) is 7.13. The van der Waals surface area contributed by atoms with E-state index in [9.17, 15) is 4.79 Å². The van der Waals surface area contributed by atoms with Crippen LogP contribution in [0.1, 0.15) is 37.0 Å². The molecule has 1 amide bonds. The first-order valence-electron chi connectivity index (χ1n) is 8.78. The van der Waals surface area contributed by atoms with Gasteiger partial charge in [0.2, 0.25) is 0 Å². The molecular formula is C19H29BrN2O3. The summed E-state index contributed by atoms with van der Waals surface area (Å²) < 4.78 is 11.4. The van der Waals surface area contributed by atoms with Crippen molar-refractivity contribution in [3.63, 3.8) is 0 Å². The van der Waals surface area contributed by atoms with Crippen LogP contribution in [-0.4, -0.2) is 62.7 Å². The molecule has 1 saturated heterocycles. The van der Waals surface area contributed by atoms with Crippen molar-refractivity contribution in [1.82, 2.24) is 9.80 Å². The monoisotopic (exact) mass is 412 g/mol. The van der Waals surface area contributed by atoms with Crippen molar-refractivity contribution in [2.45, 2.75) is 32.7 Å². The number of halogens is 1. The SMILES string of the molecule is COc1cc(C(=O)N2CCC(CN(C)C(C)C)CC2)cc(OC)c1Br. The van der Waals surface area contributed by atoms with Gasteiger partial charge in [-0.2, -0.15) is 0 Å². The van der Waals surface area contributed by atoms with E-state index in [2.05, 4.69) is 41.7 Å². The highest BCUT2D eigenvalue weighted by atomic mass is 79.9. The summed E-state index contributed by atoms with van der Waals surface area (Å²) in [6, 6.07) is 4.10. The summed E-state index contributed by atoms with van der Waals surface area (Å²) in [7, 11) is 5.34. The average Bonchev–Trinajstić information content (AvgIpc) is 2.61. The van der Waals surface area contributed by atoms with E-state index < -0.39 is 0 Å². The van der Waals surface area contributed by atoms with Crippen LogP contribution in [0.5, 0.6) is 11.5 Å². The Kier molecular flexibility index (Phi) is 7.14. The van der Waals surface area contributed by atoms with Gasteiger partial charge in [0.05, 0.1) is 14.2 Å². The highest BCUT2D eigenvalue weighted by molar-refractivity contribution is 9.10. The molecule has 2 rings (SSSR count). The molecule has 1 heterocycles. The maximum Gasteiger partial charge on any atom is 0.254 e. The van der Waals surface area contributed by atoms with E-state index in [0.29, 0.717) is 29.0 Å². The minimum absolute atomic E-state index is 0.0414. The highest BCUT2D eigenvalue weighted by Gasteiger charge is 2.26. The van der Waals surface area contributed by atoms with Gasteiger partial charge < -0.3 is 19.3 Å². The second kappa shape index (κ2) is 8.90. The fraction of sp³-hybridized carbons (Fsp3) is 0.632. The number of hydrogen-bond donors (Lipinski definition) is 0. The Balaban J connectivity index is 2.03. The average molecular weight is 413 g/mol. The molecular weight excluding hydrogens is 384 g/mol. The molecule has 0 aliphatic carbocycles. The number of ether oxygens (including phenoxy) is 2. The molecule has 0 atom stereocenters. The predicted molar refractivity (Wildman–Crippen MR) is 104 cm³/mol. The van der Waals surface area contributed by atoms with E-state index in [0.717, 1.165) is 36.9 Å². The van der Waals surface area contributed by atoms with Gasteiger partial charge in [-0.3, -0.25) is 4.79 Å². The number of benzene rings is 1. The Morgan fingerprint density at radius 2 is 1.76 bits per heavy atom. The second-order valence-corrected chi connectivity index (χ2v) is 7.76. The lowest BCUT2D eigenvalue weighted by atomic mass is 9.95. The number of carbonyl (C=O) groups excluding carboxylic acids is 1. The number of amides is 1. The zero-order valence-electron chi connectivity index (χ0n) is 15.8. The first kappa shape index (κ1) is 20.0. The molecule has 0 spiro atoms. The molecule has 25 heavy (non-hydrogen) atoms. The normalized spacial score (nSPS) is 15.8. The van der Waals surface area contributed by atoms with Crippen molar-refractivity contribution < 1.29 is 14.3 Å². The van der Waals surface area contributed by atoms with E-state index in [-0.39, 0.29) is 5.91 Å². The van der Waals surface area contributed by atoms with Crippen LogP contribution < -0.4 is 9.47 Å². The highest BCUT2D eigenvalue weighted by Crippen LogP contribution is 2.36. The fourth-order valence-corrected chi connectivity index (χ4v) is 3.66. The van der Waals surface area contributed by atoms with Gasteiger partial charge in [-0.15, -0.1) is 0 Å². The largest absolute Gasteiger partial charge is 0.495 e. The van der Waals surface area contributed by atoms with E-state index in [1.165, 1.54) is 0 Å². The summed E-state index contributed by atoms with van der Waals surface area (Å²) in [6.07, 6.45) is 2.10. The molecule has 6 heteroatoms. The molecule has 0 aromatic heterocycles. The fourth-order valence-electron chi connectivity index (χ4n) is 3.11. The molecule has 0 radical (unpaired) electrons. The van der Waals surface area contributed by atoms with Gasteiger partial charge >= 0.3 is 0 Å². The number of nitrogens with zero attached hydrogens (tertiary/aromatic N) is 2. The Hall–Kier alpha value is -1.27. The Bertz CT molecular complexity index is 573. The molecule has 0 unspecified atom stereocenters. The standard InChI is InChI=1S/C19H29BrN2O3/c1-13(2)21(3)12-14-6-8-22(9-7-14)19(23)15-10-16(24-4)18(20)17(11-15)25-5/h10-11,13-14H,6-9,12H2,1-5H3. The number of methoxy groups -OCH3 is 2. The summed E-state index contributed by atoms with van der Waals surface area (Å²) >= 11 is 3.44. The van der Waals surface area contributed by atoms with Gasteiger partial charge in [-0.05, 0) is 67.7 Å². The first-order valence-corrected chi connectivity index (χ1v) is 9.57. The van der Waals surface area contributed by atoms with Crippen molar-refractivity contribution >= 4 is 21.8 Å². The quantitative estimate of drug-likeness (QED) is 0.714. The lowest BCUT2D eigenvalue weighted by molar-refractivity contribution is 0.0665.